The number of furan rings is 1. The van der Waals surface area contributed by atoms with Crippen LogP contribution in [0.1, 0.15) is 22.3 Å². The van der Waals surface area contributed by atoms with Gasteiger partial charge in [0.2, 0.25) is 0 Å². The molecule has 11 aromatic carbocycles. The van der Waals surface area contributed by atoms with Crippen LogP contribution in [-0.2, 0) is 5.41 Å². The van der Waals surface area contributed by atoms with Gasteiger partial charge in [0, 0.05) is 10.8 Å². The largest absolute Gasteiger partial charge is 0.456 e. The van der Waals surface area contributed by atoms with Crippen molar-refractivity contribution in [3.05, 3.63) is 229 Å². The minimum absolute atomic E-state index is 0.599. The summed E-state index contributed by atoms with van der Waals surface area (Å²) in [5, 5.41) is 12.6. The first-order valence-corrected chi connectivity index (χ1v) is 20.2. The molecule has 1 aliphatic carbocycles. The Morgan fingerprint density at radius 1 is 0.328 bits per heavy atom. The highest BCUT2D eigenvalue weighted by atomic mass is 16.3. The summed E-state index contributed by atoms with van der Waals surface area (Å²) in [5.74, 6) is 0. The molecule has 0 unspecified atom stereocenters. The van der Waals surface area contributed by atoms with Crippen LogP contribution in [0.4, 0.5) is 0 Å². The van der Waals surface area contributed by atoms with Crippen LogP contribution in [0.3, 0.4) is 0 Å². The molecule has 0 aliphatic heterocycles. The number of rotatable bonds is 4. The van der Waals surface area contributed by atoms with Crippen molar-refractivity contribution in [3.63, 3.8) is 0 Å². The first-order valence-electron chi connectivity index (χ1n) is 20.2. The van der Waals surface area contributed by atoms with Crippen LogP contribution in [0.5, 0.6) is 0 Å². The fourth-order valence-corrected chi connectivity index (χ4v) is 10.6. The van der Waals surface area contributed by atoms with Gasteiger partial charge in [0.25, 0.3) is 0 Å². The van der Waals surface area contributed by atoms with Crippen LogP contribution in [0.15, 0.2) is 211 Å². The summed E-state index contributed by atoms with van der Waals surface area (Å²) < 4.78 is 6.51. The van der Waals surface area contributed by atoms with E-state index in [-0.39, 0.29) is 0 Å². The summed E-state index contributed by atoms with van der Waals surface area (Å²) in [4.78, 5) is 0. The highest BCUT2D eigenvalue weighted by Gasteiger charge is 2.48. The van der Waals surface area contributed by atoms with E-state index in [1.54, 1.807) is 0 Å². The third-order valence-electron chi connectivity index (χ3n) is 13.0. The Labute approximate surface area is 335 Å². The second kappa shape index (κ2) is 11.8. The zero-order chi connectivity index (χ0) is 38.0. The van der Waals surface area contributed by atoms with Gasteiger partial charge >= 0.3 is 0 Å². The van der Waals surface area contributed by atoms with Gasteiger partial charge in [0.05, 0.1) is 5.41 Å². The molecule has 0 spiro atoms. The fraction of sp³-hybridized carbons (Fsp3) is 0.0175. The van der Waals surface area contributed by atoms with Crippen LogP contribution in [0.25, 0.3) is 98.4 Å². The number of para-hydroxylation sites is 1. The van der Waals surface area contributed by atoms with Crippen molar-refractivity contribution in [1.82, 2.24) is 0 Å². The molecule has 12 aromatic rings. The summed E-state index contributed by atoms with van der Waals surface area (Å²) in [6, 6.07) is 76.7. The second-order valence-corrected chi connectivity index (χ2v) is 16.0. The van der Waals surface area contributed by atoms with E-state index in [1.807, 2.05) is 6.07 Å². The lowest BCUT2D eigenvalue weighted by molar-refractivity contribution is 0.669. The van der Waals surface area contributed by atoms with Crippen LogP contribution >= 0.6 is 0 Å². The number of benzene rings is 11. The molecule has 1 heterocycles. The van der Waals surface area contributed by atoms with Crippen molar-refractivity contribution in [2.75, 3.05) is 0 Å². The standard InChI is InChI=1S/C57H34O/c1-3-15-43(16-4-1)57(44-17-5-2-6-18-44)50-33-37(42-30-40-24-22-35-13-11-14-36-23-25-41(31-42)54(40)53(35)36)26-29-48(50)55-49(32-38-12-7-8-19-45(38)56(55)57)39-27-28-47-46-20-9-10-21-51(46)58-52(47)34-39/h1-34H. The SMILES string of the molecule is c1ccc(C2(c3ccccc3)c3cc(-c4cc5ccc6cccc7ccc(c4)c5c67)ccc3-c3c(-c4ccc5c(c4)oc4ccccc45)cc4ccccc4c32)cc1. The quantitative estimate of drug-likeness (QED) is 0.164. The van der Waals surface area contributed by atoms with E-state index in [0.717, 1.165) is 27.5 Å². The van der Waals surface area contributed by atoms with Gasteiger partial charge < -0.3 is 4.42 Å². The third kappa shape index (κ3) is 4.25. The predicted molar refractivity (Wildman–Crippen MR) is 243 cm³/mol. The summed E-state index contributed by atoms with van der Waals surface area (Å²) in [7, 11) is 0. The molecule has 58 heavy (non-hydrogen) atoms. The molecular weight excluding hydrogens is 701 g/mol. The molecule has 1 aliphatic rings. The van der Waals surface area contributed by atoms with E-state index >= 15 is 0 Å². The first kappa shape index (κ1) is 31.7. The van der Waals surface area contributed by atoms with Gasteiger partial charge in [-0.3, -0.25) is 0 Å². The van der Waals surface area contributed by atoms with Gasteiger partial charge in [-0.15, -0.1) is 0 Å². The highest BCUT2D eigenvalue weighted by Crippen LogP contribution is 2.61. The van der Waals surface area contributed by atoms with E-state index in [0.29, 0.717) is 0 Å². The van der Waals surface area contributed by atoms with Gasteiger partial charge in [-0.2, -0.15) is 0 Å². The Morgan fingerprint density at radius 3 is 1.66 bits per heavy atom. The lowest BCUT2D eigenvalue weighted by Gasteiger charge is -2.35. The summed E-state index contributed by atoms with van der Waals surface area (Å²) >= 11 is 0. The van der Waals surface area contributed by atoms with Crippen LogP contribution < -0.4 is 0 Å². The van der Waals surface area contributed by atoms with E-state index in [2.05, 4.69) is 200 Å². The Bertz CT molecular complexity index is 3510. The Kier molecular flexibility index (Phi) is 6.43. The molecule has 0 bridgehead atoms. The zero-order valence-corrected chi connectivity index (χ0v) is 31.5. The van der Waals surface area contributed by atoms with E-state index < -0.39 is 5.41 Å². The van der Waals surface area contributed by atoms with Crippen molar-refractivity contribution < 1.29 is 4.42 Å². The summed E-state index contributed by atoms with van der Waals surface area (Å²) in [5.41, 5.74) is 13.7. The molecule has 0 atom stereocenters. The molecule has 0 N–H and O–H groups in total. The molecule has 13 rings (SSSR count). The van der Waals surface area contributed by atoms with Crippen molar-refractivity contribution in [1.29, 1.82) is 0 Å². The van der Waals surface area contributed by atoms with E-state index in [9.17, 15) is 0 Å². The Hall–Kier alpha value is -7.48. The maximum atomic E-state index is 6.51. The van der Waals surface area contributed by atoms with Crippen LogP contribution in [0.2, 0.25) is 0 Å². The summed E-state index contributed by atoms with van der Waals surface area (Å²) in [6.45, 7) is 0. The maximum Gasteiger partial charge on any atom is 0.136 e. The van der Waals surface area contributed by atoms with Crippen LogP contribution in [-0.4, -0.2) is 0 Å². The lowest BCUT2D eigenvalue weighted by atomic mass is 9.66. The molecule has 0 saturated heterocycles. The number of fused-ring (bicyclic) bond motifs is 8. The molecule has 0 saturated carbocycles. The van der Waals surface area contributed by atoms with Crippen molar-refractivity contribution in [2.24, 2.45) is 0 Å². The van der Waals surface area contributed by atoms with Gasteiger partial charge in [-0.1, -0.05) is 164 Å². The monoisotopic (exact) mass is 734 g/mol. The topological polar surface area (TPSA) is 13.1 Å². The minimum atomic E-state index is -0.599. The van der Waals surface area contributed by atoms with Gasteiger partial charge in [-0.05, 0) is 141 Å². The number of hydrogen-bond donors (Lipinski definition) is 0. The fourth-order valence-electron chi connectivity index (χ4n) is 10.6. The molecule has 1 heteroatoms. The third-order valence-corrected chi connectivity index (χ3v) is 13.0. The van der Waals surface area contributed by atoms with Crippen molar-refractivity contribution in [3.8, 4) is 33.4 Å². The predicted octanol–water partition coefficient (Wildman–Crippen LogP) is 15.3. The van der Waals surface area contributed by atoms with Gasteiger partial charge in [0.15, 0.2) is 0 Å². The maximum absolute atomic E-state index is 6.51. The smallest absolute Gasteiger partial charge is 0.136 e. The second-order valence-electron chi connectivity index (χ2n) is 16.0. The lowest BCUT2D eigenvalue weighted by Crippen LogP contribution is -2.29. The molecule has 1 nitrogen and oxygen atoms in total. The Balaban J connectivity index is 1.14. The molecule has 0 amide bonds. The normalized spacial score (nSPS) is 13.3. The zero-order valence-electron chi connectivity index (χ0n) is 31.5. The average molecular weight is 735 g/mol. The average Bonchev–Trinajstić information content (AvgIpc) is 3.82. The molecule has 1 aromatic heterocycles. The molecular formula is C57H34O. The van der Waals surface area contributed by atoms with E-state index in [4.69, 9.17) is 4.42 Å². The molecule has 0 fully saturated rings. The minimum Gasteiger partial charge on any atom is -0.456 e. The van der Waals surface area contributed by atoms with Gasteiger partial charge in [0.1, 0.15) is 11.2 Å². The van der Waals surface area contributed by atoms with Crippen LogP contribution in [0, 0.1) is 0 Å². The van der Waals surface area contributed by atoms with Crippen molar-refractivity contribution in [2.45, 2.75) is 5.41 Å². The van der Waals surface area contributed by atoms with Crippen molar-refractivity contribution >= 4 is 65.0 Å². The molecule has 0 radical (unpaired) electrons. The number of hydrogen-bond acceptors (Lipinski definition) is 1. The Morgan fingerprint density at radius 2 is 0.914 bits per heavy atom. The highest BCUT2D eigenvalue weighted by molar-refractivity contribution is 6.24. The molecule has 268 valence electrons. The van der Waals surface area contributed by atoms with E-state index in [1.165, 1.54) is 93.2 Å². The summed E-state index contributed by atoms with van der Waals surface area (Å²) in [6.07, 6.45) is 0. The first-order chi connectivity index (χ1) is 28.7. The van der Waals surface area contributed by atoms with Gasteiger partial charge in [-0.25, -0.2) is 0 Å².